The van der Waals surface area contributed by atoms with E-state index in [1.54, 1.807) is 60.7 Å². The maximum atomic E-state index is 14.0. The number of carbonyl (C=O) groups is 2. The van der Waals surface area contributed by atoms with Crippen molar-refractivity contribution in [2.75, 3.05) is 23.4 Å². The fraction of sp³-hybridized carbons (Fsp3) is 0.130. The number of para-hydroxylation sites is 1. The standard InChI is InChI=1S/C23H18ClFN2O4/c24-17-6-2-4-8-20(17)30-13-22(28)26-16-9-10-19-21(11-16)31-14-23(29)27(19)12-15-5-1-3-7-18(15)25/h1-11H,12-14H2,(H,26,28). The highest BCUT2D eigenvalue weighted by atomic mass is 35.5. The van der Waals surface area contributed by atoms with Crippen LogP contribution in [0.1, 0.15) is 5.56 Å². The number of ether oxygens (including phenoxy) is 2. The molecule has 0 fully saturated rings. The number of halogens is 2. The van der Waals surface area contributed by atoms with Gasteiger partial charge < -0.3 is 19.7 Å². The summed E-state index contributed by atoms with van der Waals surface area (Å²) in [5, 5.41) is 3.13. The minimum Gasteiger partial charge on any atom is -0.482 e. The van der Waals surface area contributed by atoms with Crippen molar-refractivity contribution in [3.05, 3.63) is 83.1 Å². The van der Waals surface area contributed by atoms with Crippen LogP contribution in [-0.4, -0.2) is 25.0 Å². The molecule has 0 radical (unpaired) electrons. The second kappa shape index (κ2) is 9.06. The van der Waals surface area contributed by atoms with Crippen LogP contribution in [-0.2, 0) is 16.1 Å². The van der Waals surface area contributed by atoms with E-state index in [2.05, 4.69) is 5.32 Å². The second-order valence-corrected chi connectivity index (χ2v) is 7.22. The summed E-state index contributed by atoms with van der Waals surface area (Å²) in [5.74, 6) is -0.211. The van der Waals surface area contributed by atoms with Gasteiger partial charge in [-0.3, -0.25) is 9.59 Å². The molecule has 1 N–H and O–H groups in total. The Balaban J connectivity index is 1.45. The number of hydrogen-bond acceptors (Lipinski definition) is 4. The predicted molar refractivity (Wildman–Crippen MR) is 115 cm³/mol. The molecule has 1 heterocycles. The molecule has 0 saturated carbocycles. The molecule has 6 nitrogen and oxygen atoms in total. The average Bonchev–Trinajstić information content (AvgIpc) is 2.76. The van der Waals surface area contributed by atoms with Crippen LogP contribution in [0.4, 0.5) is 15.8 Å². The van der Waals surface area contributed by atoms with Crippen LogP contribution in [0.5, 0.6) is 11.5 Å². The third-order valence-electron chi connectivity index (χ3n) is 4.67. The number of nitrogens with zero attached hydrogens (tertiary/aromatic N) is 1. The largest absolute Gasteiger partial charge is 0.482 e. The Morgan fingerprint density at radius 3 is 2.71 bits per heavy atom. The lowest BCUT2D eigenvalue weighted by atomic mass is 10.1. The second-order valence-electron chi connectivity index (χ2n) is 6.81. The molecule has 1 aliphatic rings. The molecular weight excluding hydrogens is 423 g/mol. The monoisotopic (exact) mass is 440 g/mol. The Bertz CT molecular complexity index is 1140. The maximum absolute atomic E-state index is 14.0. The van der Waals surface area contributed by atoms with E-state index in [-0.39, 0.29) is 37.4 Å². The first-order valence-corrected chi connectivity index (χ1v) is 9.87. The summed E-state index contributed by atoms with van der Waals surface area (Å²) >= 11 is 6.01. The van der Waals surface area contributed by atoms with Gasteiger partial charge in [-0.15, -0.1) is 0 Å². The van der Waals surface area contributed by atoms with Gasteiger partial charge in [-0.05, 0) is 30.3 Å². The fourth-order valence-corrected chi connectivity index (χ4v) is 3.34. The summed E-state index contributed by atoms with van der Waals surface area (Å²) in [6, 6.07) is 18.1. The Kier molecular flexibility index (Phi) is 6.04. The van der Waals surface area contributed by atoms with Gasteiger partial charge in [0.05, 0.1) is 17.3 Å². The van der Waals surface area contributed by atoms with Crippen LogP contribution in [0.2, 0.25) is 5.02 Å². The van der Waals surface area contributed by atoms with E-state index in [0.717, 1.165) is 0 Å². The molecule has 0 unspecified atom stereocenters. The van der Waals surface area contributed by atoms with Gasteiger partial charge in [0.25, 0.3) is 11.8 Å². The summed E-state index contributed by atoms with van der Waals surface area (Å²) in [6.45, 7) is -0.312. The number of carbonyl (C=O) groups excluding carboxylic acids is 2. The lowest BCUT2D eigenvalue weighted by Crippen LogP contribution is -2.38. The topological polar surface area (TPSA) is 67.9 Å². The van der Waals surface area contributed by atoms with Crippen molar-refractivity contribution in [1.82, 2.24) is 0 Å². The number of nitrogens with one attached hydrogen (secondary N) is 1. The Morgan fingerprint density at radius 1 is 1.13 bits per heavy atom. The van der Waals surface area contributed by atoms with Crippen molar-refractivity contribution >= 4 is 34.8 Å². The fourth-order valence-electron chi connectivity index (χ4n) is 3.15. The highest BCUT2D eigenvalue weighted by Gasteiger charge is 2.26. The Labute approximate surface area is 183 Å². The highest BCUT2D eigenvalue weighted by molar-refractivity contribution is 6.32. The number of rotatable bonds is 6. The van der Waals surface area contributed by atoms with E-state index in [0.29, 0.717) is 33.5 Å². The van der Waals surface area contributed by atoms with Crippen LogP contribution < -0.4 is 19.7 Å². The Hall–Kier alpha value is -3.58. The molecule has 3 aromatic rings. The van der Waals surface area contributed by atoms with E-state index in [1.165, 1.54) is 11.0 Å². The normalized spacial score (nSPS) is 12.7. The molecule has 4 rings (SSSR count). The van der Waals surface area contributed by atoms with Crippen molar-refractivity contribution in [2.45, 2.75) is 6.54 Å². The first-order chi connectivity index (χ1) is 15.0. The lowest BCUT2D eigenvalue weighted by molar-refractivity contribution is -0.121. The zero-order valence-corrected chi connectivity index (χ0v) is 17.1. The summed E-state index contributed by atoms with van der Waals surface area (Å²) in [7, 11) is 0. The molecule has 0 bridgehead atoms. The van der Waals surface area contributed by atoms with Gasteiger partial charge in [-0.2, -0.15) is 0 Å². The van der Waals surface area contributed by atoms with Crippen molar-refractivity contribution in [3.8, 4) is 11.5 Å². The molecular formula is C23H18ClFN2O4. The van der Waals surface area contributed by atoms with Gasteiger partial charge in [0.15, 0.2) is 13.2 Å². The highest BCUT2D eigenvalue weighted by Crippen LogP contribution is 2.35. The number of anilines is 2. The summed E-state index contributed by atoms with van der Waals surface area (Å²) in [5.41, 5.74) is 1.38. The number of hydrogen-bond donors (Lipinski definition) is 1. The minimum absolute atomic E-state index is 0.0826. The molecule has 8 heteroatoms. The van der Waals surface area contributed by atoms with Gasteiger partial charge in [0.2, 0.25) is 0 Å². The Morgan fingerprint density at radius 2 is 1.90 bits per heavy atom. The number of fused-ring (bicyclic) bond motifs is 1. The number of benzene rings is 3. The van der Waals surface area contributed by atoms with Crippen LogP contribution >= 0.6 is 11.6 Å². The molecule has 0 spiro atoms. The molecule has 0 aliphatic carbocycles. The smallest absolute Gasteiger partial charge is 0.265 e. The maximum Gasteiger partial charge on any atom is 0.265 e. The van der Waals surface area contributed by atoms with Gasteiger partial charge >= 0.3 is 0 Å². The van der Waals surface area contributed by atoms with E-state index in [1.807, 2.05) is 0 Å². The van der Waals surface area contributed by atoms with Gasteiger partial charge in [-0.25, -0.2) is 4.39 Å². The zero-order chi connectivity index (χ0) is 21.8. The molecule has 1 aliphatic heterocycles. The van der Waals surface area contributed by atoms with E-state index in [9.17, 15) is 14.0 Å². The molecule has 2 amide bonds. The molecule has 31 heavy (non-hydrogen) atoms. The molecule has 3 aromatic carbocycles. The van der Waals surface area contributed by atoms with Gasteiger partial charge in [0.1, 0.15) is 17.3 Å². The zero-order valence-electron chi connectivity index (χ0n) is 16.3. The third kappa shape index (κ3) is 4.78. The SMILES string of the molecule is O=C(COc1ccccc1Cl)Nc1ccc2c(c1)OCC(=O)N2Cc1ccccc1F. The van der Waals surface area contributed by atoms with Crippen LogP contribution in [0, 0.1) is 5.82 Å². The quantitative estimate of drug-likeness (QED) is 0.616. The number of amides is 2. The van der Waals surface area contributed by atoms with Crippen molar-refractivity contribution in [2.24, 2.45) is 0 Å². The van der Waals surface area contributed by atoms with Crippen LogP contribution in [0.3, 0.4) is 0 Å². The lowest BCUT2D eigenvalue weighted by Gasteiger charge is -2.30. The van der Waals surface area contributed by atoms with E-state index >= 15 is 0 Å². The van der Waals surface area contributed by atoms with Gasteiger partial charge in [0, 0.05) is 17.3 Å². The minimum atomic E-state index is -0.384. The third-order valence-corrected chi connectivity index (χ3v) is 4.98. The van der Waals surface area contributed by atoms with Crippen molar-refractivity contribution < 1.29 is 23.5 Å². The van der Waals surface area contributed by atoms with Gasteiger partial charge in [-0.1, -0.05) is 41.9 Å². The van der Waals surface area contributed by atoms with Crippen LogP contribution in [0.15, 0.2) is 66.7 Å². The van der Waals surface area contributed by atoms with E-state index in [4.69, 9.17) is 21.1 Å². The van der Waals surface area contributed by atoms with Crippen molar-refractivity contribution in [1.29, 1.82) is 0 Å². The summed E-state index contributed by atoms with van der Waals surface area (Å²) < 4.78 is 25.0. The predicted octanol–water partition coefficient (Wildman–Crippen LogP) is 4.42. The van der Waals surface area contributed by atoms with Crippen LogP contribution in [0.25, 0.3) is 0 Å². The van der Waals surface area contributed by atoms with E-state index < -0.39 is 0 Å². The average molecular weight is 441 g/mol. The summed E-state index contributed by atoms with van der Waals surface area (Å²) in [4.78, 5) is 26.1. The molecule has 0 aromatic heterocycles. The molecule has 158 valence electrons. The first kappa shape index (κ1) is 20.7. The molecule has 0 saturated heterocycles. The molecule has 0 atom stereocenters. The summed E-state index contributed by atoms with van der Waals surface area (Å²) in [6.07, 6.45) is 0. The van der Waals surface area contributed by atoms with Crippen molar-refractivity contribution in [3.63, 3.8) is 0 Å². The first-order valence-electron chi connectivity index (χ1n) is 9.49.